The van der Waals surface area contributed by atoms with Crippen LogP contribution in [-0.2, 0) is 9.53 Å². The normalized spacial score (nSPS) is 12.9. The summed E-state index contributed by atoms with van der Waals surface area (Å²) in [6.07, 6.45) is 1.12. The molecule has 25 heavy (non-hydrogen) atoms. The zero-order chi connectivity index (χ0) is 18.3. The number of carbonyl (C=O) groups excluding carboxylic acids is 1. The van der Waals surface area contributed by atoms with E-state index in [1.165, 1.54) is 13.3 Å². The van der Waals surface area contributed by atoms with E-state index in [-0.39, 0.29) is 13.0 Å². The Morgan fingerprint density at radius 3 is 2.48 bits per heavy atom. The second kappa shape index (κ2) is 8.25. The number of nitrogens with zero attached hydrogens (tertiary/aromatic N) is 1. The smallest absolute Gasteiger partial charge is 0.305 e. The van der Waals surface area contributed by atoms with Crippen molar-refractivity contribution in [1.82, 2.24) is 10.3 Å². The highest BCUT2D eigenvalue weighted by Gasteiger charge is 2.30. The van der Waals surface area contributed by atoms with Gasteiger partial charge in [0, 0.05) is 19.4 Å². The van der Waals surface area contributed by atoms with Crippen molar-refractivity contribution in [3.8, 4) is 11.6 Å². The lowest BCUT2D eigenvalue weighted by molar-refractivity contribution is -0.139. The van der Waals surface area contributed by atoms with Gasteiger partial charge in [-0.15, -0.1) is 0 Å². The van der Waals surface area contributed by atoms with Gasteiger partial charge in [-0.05, 0) is 25.1 Å². The zero-order valence-corrected chi connectivity index (χ0v) is 14.1. The van der Waals surface area contributed by atoms with Crippen molar-refractivity contribution in [3.05, 3.63) is 54.2 Å². The maximum absolute atomic E-state index is 12.3. The molecule has 0 saturated carbocycles. The van der Waals surface area contributed by atoms with Gasteiger partial charge in [-0.3, -0.25) is 9.59 Å². The minimum atomic E-state index is -1.02. The molecule has 0 aliphatic heterocycles. The summed E-state index contributed by atoms with van der Waals surface area (Å²) >= 11 is 0. The van der Waals surface area contributed by atoms with Gasteiger partial charge < -0.3 is 19.9 Å². The Morgan fingerprint density at radius 1 is 1.20 bits per heavy atom. The van der Waals surface area contributed by atoms with Crippen molar-refractivity contribution in [3.63, 3.8) is 0 Å². The fourth-order valence-corrected chi connectivity index (χ4v) is 2.31. The Balaban J connectivity index is 2.05. The van der Waals surface area contributed by atoms with Gasteiger partial charge in [0.15, 0.2) is 0 Å². The van der Waals surface area contributed by atoms with Crippen molar-refractivity contribution < 1.29 is 24.2 Å². The van der Waals surface area contributed by atoms with Crippen molar-refractivity contribution in [2.75, 3.05) is 13.7 Å². The average Bonchev–Trinajstić information content (AvgIpc) is 2.55. The van der Waals surface area contributed by atoms with Crippen LogP contribution in [0.4, 0.5) is 0 Å². The molecule has 0 radical (unpaired) electrons. The molecule has 132 valence electrons. The fraction of sp³-hybridized carbons (Fsp3) is 0.278. The number of pyridine rings is 1. The lowest BCUT2D eigenvalue weighted by atomic mass is 9.98. The molecule has 1 aromatic heterocycles. The standard InChI is InChI=1S/C18H20N2O5/c1-18(12-24-2,10-16(21)22)20-17(23)13-8-9-15(19-11-13)25-14-6-4-3-5-7-14/h3-9,11H,10,12H2,1-2H3,(H,20,23)(H,21,22). The van der Waals surface area contributed by atoms with Crippen LogP contribution in [0.5, 0.6) is 11.6 Å². The Hall–Kier alpha value is -2.93. The maximum atomic E-state index is 12.3. The van der Waals surface area contributed by atoms with E-state index in [0.717, 1.165) is 0 Å². The molecule has 1 unspecified atom stereocenters. The first-order chi connectivity index (χ1) is 11.9. The average molecular weight is 344 g/mol. The number of rotatable bonds is 8. The molecule has 0 aliphatic carbocycles. The summed E-state index contributed by atoms with van der Waals surface area (Å²) in [4.78, 5) is 27.4. The van der Waals surface area contributed by atoms with E-state index in [1.54, 1.807) is 31.2 Å². The van der Waals surface area contributed by atoms with E-state index >= 15 is 0 Å². The number of hydrogen-bond acceptors (Lipinski definition) is 5. The summed E-state index contributed by atoms with van der Waals surface area (Å²) in [6, 6.07) is 12.3. The number of carboxylic acids is 1. The van der Waals surface area contributed by atoms with E-state index in [0.29, 0.717) is 17.2 Å². The monoisotopic (exact) mass is 344 g/mol. The van der Waals surface area contributed by atoms with Crippen molar-refractivity contribution in [2.45, 2.75) is 18.9 Å². The van der Waals surface area contributed by atoms with Crippen molar-refractivity contribution in [2.24, 2.45) is 0 Å². The Kier molecular flexibility index (Phi) is 6.08. The Morgan fingerprint density at radius 2 is 1.92 bits per heavy atom. The molecular weight excluding hydrogens is 324 g/mol. The van der Waals surface area contributed by atoms with Gasteiger partial charge in [0.05, 0.1) is 24.1 Å². The lowest BCUT2D eigenvalue weighted by Gasteiger charge is -2.28. The van der Waals surface area contributed by atoms with Crippen LogP contribution in [0.15, 0.2) is 48.7 Å². The first kappa shape index (κ1) is 18.4. The number of aliphatic carboxylic acids is 1. The van der Waals surface area contributed by atoms with E-state index in [4.69, 9.17) is 14.6 Å². The second-order valence-electron chi connectivity index (χ2n) is 5.82. The minimum Gasteiger partial charge on any atom is -0.481 e. The third-order valence-electron chi connectivity index (χ3n) is 3.38. The number of ether oxygens (including phenoxy) is 2. The molecule has 0 aliphatic rings. The van der Waals surface area contributed by atoms with E-state index in [2.05, 4.69) is 10.3 Å². The zero-order valence-electron chi connectivity index (χ0n) is 14.1. The number of hydrogen-bond donors (Lipinski definition) is 2. The highest BCUT2D eigenvalue weighted by atomic mass is 16.5. The van der Waals surface area contributed by atoms with E-state index < -0.39 is 17.4 Å². The van der Waals surface area contributed by atoms with Crippen LogP contribution in [-0.4, -0.2) is 41.2 Å². The van der Waals surface area contributed by atoms with Gasteiger partial charge in [-0.1, -0.05) is 18.2 Å². The van der Waals surface area contributed by atoms with Gasteiger partial charge in [-0.2, -0.15) is 0 Å². The van der Waals surface area contributed by atoms with Gasteiger partial charge in [0.2, 0.25) is 5.88 Å². The lowest BCUT2D eigenvalue weighted by Crippen LogP contribution is -2.50. The molecule has 0 fully saturated rings. The summed E-state index contributed by atoms with van der Waals surface area (Å²) in [5, 5.41) is 11.7. The first-order valence-electron chi connectivity index (χ1n) is 7.64. The van der Waals surface area contributed by atoms with Crippen LogP contribution >= 0.6 is 0 Å². The molecule has 7 heteroatoms. The summed E-state index contributed by atoms with van der Waals surface area (Å²) < 4.78 is 10.6. The van der Waals surface area contributed by atoms with Gasteiger partial charge >= 0.3 is 5.97 Å². The number of carbonyl (C=O) groups is 2. The SMILES string of the molecule is COCC(C)(CC(=O)O)NC(=O)c1ccc(Oc2ccccc2)nc1. The molecule has 1 amide bonds. The van der Waals surface area contributed by atoms with Crippen LogP contribution in [0, 0.1) is 0 Å². The Bertz CT molecular complexity index is 718. The molecule has 0 bridgehead atoms. The molecule has 2 N–H and O–H groups in total. The molecule has 2 aromatic rings. The number of nitrogens with one attached hydrogen (secondary N) is 1. The number of amides is 1. The van der Waals surface area contributed by atoms with E-state index in [9.17, 15) is 9.59 Å². The predicted molar refractivity (Wildman–Crippen MR) is 90.8 cm³/mol. The molecular formula is C18H20N2O5. The van der Waals surface area contributed by atoms with Gasteiger partial charge in [0.1, 0.15) is 5.75 Å². The van der Waals surface area contributed by atoms with Gasteiger partial charge in [0.25, 0.3) is 5.91 Å². The summed E-state index contributed by atoms with van der Waals surface area (Å²) in [5.41, 5.74) is -0.718. The van der Waals surface area contributed by atoms with Crippen molar-refractivity contribution in [1.29, 1.82) is 0 Å². The topological polar surface area (TPSA) is 97.8 Å². The van der Waals surface area contributed by atoms with Gasteiger partial charge in [-0.25, -0.2) is 4.98 Å². The third kappa shape index (κ3) is 5.58. The summed E-state index contributed by atoms with van der Waals surface area (Å²) in [7, 11) is 1.45. The number of para-hydroxylation sites is 1. The summed E-state index contributed by atoms with van der Waals surface area (Å²) in [6.45, 7) is 1.69. The highest BCUT2D eigenvalue weighted by molar-refractivity contribution is 5.94. The largest absolute Gasteiger partial charge is 0.481 e. The Labute approximate surface area is 145 Å². The molecule has 1 heterocycles. The molecule has 2 rings (SSSR count). The predicted octanol–water partition coefficient (Wildman–Crippen LogP) is 2.48. The first-order valence-corrected chi connectivity index (χ1v) is 7.64. The highest BCUT2D eigenvalue weighted by Crippen LogP contribution is 2.19. The van der Waals surface area contributed by atoms with E-state index in [1.807, 2.05) is 18.2 Å². The molecule has 0 saturated heterocycles. The fourth-order valence-electron chi connectivity index (χ4n) is 2.31. The number of aromatic nitrogens is 1. The van der Waals surface area contributed by atoms with Crippen LogP contribution in [0.3, 0.4) is 0 Å². The second-order valence-corrected chi connectivity index (χ2v) is 5.82. The van der Waals surface area contributed by atoms with Crippen LogP contribution in [0.1, 0.15) is 23.7 Å². The molecule has 1 aromatic carbocycles. The maximum Gasteiger partial charge on any atom is 0.305 e. The molecule has 7 nitrogen and oxygen atoms in total. The molecule has 0 spiro atoms. The minimum absolute atomic E-state index is 0.0771. The van der Waals surface area contributed by atoms with Crippen LogP contribution in [0.25, 0.3) is 0 Å². The molecule has 1 atom stereocenters. The third-order valence-corrected chi connectivity index (χ3v) is 3.38. The number of benzene rings is 1. The quantitative estimate of drug-likeness (QED) is 0.763. The van der Waals surface area contributed by atoms with Crippen LogP contribution in [0.2, 0.25) is 0 Å². The number of methoxy groups -OCH3 is 1. The van der Waals surface area contributed by atoms with Crippen molar-refractivity contribution >= 4 is 11.9 Å². The number of carboxylic acid groups (broad SMARTS) is 1. The summed E-state index contributed by atoms with van der Waals surface area (Å²) in [5.74, 6) is -0.460. The van der Waals surface area contributed by atoms with Crippen LogP contribution < -0.4 is 10.1 Å².